The summed E-state index contributed by atoms with van der Waals surface area (Å²) in [5, 5.41) is 2.83. The Balaban J connectivity index is 2.05. The van der Waals surface area contributed by atoms with Crippen LogP contribution in [-0.2, 0) is 9.53 Å². The van der Waals surface area contributed by atoms with E-state index in [0.29, 0.717) is 11.4 Å². The van der Waals surface area contributed by atoms with Crippen molar-refractivity contribution in [1.29, 1.82) is 0 Å². The maximum Gasteiger partial charge on any atom is 0.339 e. The van der Waals surface area contributed by atoms with E-state index in [4.69, 9.17) is 16.3 Å². The molecule has 0 heterocycles. The average molecular weight is 352 g/mol. The highest BCUT2D eigenvalue weighted by molar-refractivity contribution is 6.33. The molecule has 0 fully saturated rings. The number of ether oxygens (including phenoxy) is 2. The second kappa shape index (κ2) is 7.79. The van der Waals surface area contributed by atoms with E-state index in [-0.39, 0.29) is 10.6 Å². The van der Waals surface area contributed by atoms with Gasteiger partial charge in [-0.3, -0.25) is 4.79 Å². The molecule has 0 unspecified atom stereocenters. The molecule has 1 amide bonds. The van der Waals surface area contributed by atoms with Gasteiger partial charge in [0, 0.05) is 5.69 Å². The molecule has 2 rings (SSSR count). The van der Waals surface area contributed by atoms with Crippen molar-refractivity contribution in [3.63, 3.8) is 0 Å². The lowest BCUT2D eigenvalue weighted by molar-refractivity contribution is -0.122. The summed E-state index contributed by atoms with van der Waals surface area (Å²) in [5.74, 6) is -1.06. The van der Waals surface area contributed by atoms with Crippen LogP contribution in [0.3, 0.4) is 0 Å². The first-order chi connectivity index (χ1) is 11.4. The smallest absolute Gasteiger partial charge is 0.339 e. The molecule has 0 saturated carbocycles. The van der Waals surface area contributed by atoms with Crippen molar-refractivity contribution in [3.05, 3.63) is 58.9 Å². The van der Waals surface area contributed by atoms with Gasteiger partial charge in [-0.05, 0) is 49.4 Å². The normalized spacial score (nSPS) is 11.5. The number of nitrogens with one attached hydrogen (secondary N) is 1. The Labute approximate surface area is 143 Å². The van der Waals surface area contributed by atoms with Crippen LogP contribution >= 0.6 is 11.6 Å². The molecule has 126 valence electrons. The first-order valence-corrected chi connectivity index (χ1v) is 7.39. The van der Waals surface area contributed by atoms with Gasteiger partial charge in [0.15, 0.2) is 6.10 Å². The minimum Gasteiger partial charge on any atom is -0.481 e. The van der Waals surface area contributed by atoms with E-state index in [1.807, 2.05) is 0 Å². The van der Waals surface area contributed by atoms with Gasteiger partial charge in [-0.25, -0.2) is 9.18 Å². The van der Waals surface area contributed by atoms with Gasteiger partial charge >= 0.3 is 5.97 Å². The Hall–Kier alpha value is -2.60. The Kier molecular flexibility index (Phi) is 5.76. The molecular formula is C17H15ClFNO4. The van der Waals surface area contributed by atoms with Gasteiger partial charge in [0.05, 0.1) is 17.7 Å². The highest BCUT2D eigenvalue weighted by atomic mass is 35.5. The number of anilines is 1. The van der Waals surface area contributed by atoms with Gasteiger partial charge in [-0.15, -0.1) is 0 Å². The zero-order valence-electron chi connectivity index (χ0n) is 13.0. The molecule has 7 heteroatoms. The van der Waals surface area contributed by atoms with E-state index in [1.54, 1.807) is 13.0 Å². The number of carbonyl (C=O) groups is 2. The minimum atomic E-state index is -0.826. The molecule has 0 bridgehead atoms. The van der Waals surface area contributed by atoms with Crippen molar-refractivity contribution in [2.75, 3.05) is 12.4 Å². The molecule has 2 aromatic carbocycles. The van der Waals surface area contributed by atoms with Gasteiger partial charge in [-0.1, -0.05) is 11.6 Å². The Morgan fingerprint density at radius 1 is 1.17 bits per heavy atom. The van der Waals surface area contributed by atoms with Crippen LogP contribution in [0.25, 0.3) is 0 Å². The Morgan fingerprint density at radius 3 is 2.46 bits per heavy atom. The van der Waals surface area contributed by atoms with Crippen molar-refractivity contribution in [2.45, 2.75) is 13.0 Å². The second-order valence-electron chi connectivity index (χ2n) is 4.89. The lowest BCUT2D eigenvalue weighted by atomic mass is 10.2. The summed E-state index contributed by atoms with van der Waals surface area (Å²) >= 11 is 5.92. The molecule has 0 radical (unpaired) electrons. The molecule has 0 saturated heterocycles. The van der Waals surface area contributed by atoms with Crippen LogP contribution in [0.2, 0.25) is 5.02 Å². The summed E-state index contributed by atoms with van der Waals surface area (Å²) in [4.78, 5) is 23.8. The van der Waals surface area contributed by atoms with E-state index in [2.05, 4.69) is 10.1 Å². The van der Waals surface area contributed by atoms with Crippen LogP contribution in [0.1, 0.15) is 17.3 Å². The highest BCUT2D eigenvalue weighted by Crippen LogP contribution is 2.22. The first-order valence-electron chi connectivity index (χ1n) is 7.01. The number of hydrogen-bond donors (Lipinski definition) is 1. The van der Waals surface area contributed by atoms with Gasteiger partial charge in [0.25, 0.3) is 5.91 Å². The molecule has 0 aliphatic carbocycles. The van der Waals surface area contributed by atoms with Crippen molar-refractivity contribution in [3.8, 4) is 5.75 Å². The van der Waals surface area contributed by atoms with Crippen molar-refractivity contribution >= 4 is 29.2 Å². The molecule has 2 aromatic rings. The number of halogens is 2. The Bertz CT molecular complexity index is 749. The van der Waals surface area contributed by atoms with Crippen LogP contribution in [-0.4, -0.2) is 25.1 Å². The molecule has 0 spiro atoms. The van der Waals surface area contributed by atoms with E-state index >= 15 is 0 Å². The number of methoxy groups -OCH3 is 1. The third-order valence-corrected chi connectivity index (χ3v) is 3.46. The van der Waals surface area contributed by atoms with Crippen LogP contribution < -0.4 is 10.1 Å². The van der Waals surface area contributed by atoms with Crippen molar-refractivity contribution in [2.24, 2.45) is 0 Å². The van der Waals surface area contributed by atoms with Crippen LogP contribution in [0.15, 0.2) is 42.5 Å². The number of hydrogen-bond acceptors (Lipinski definition) is 4. The number of carbonyl (C=O) groups excluding carboxylic acids is 2. The predicted molar refractivity (Wildman–Crippen MR) is 87.9 cm³/mol. The fraction of sp³-hybridized carbons (Fsp3) is 0.176. The molecule has 1 N–H and O–H groups in total. The second-order valence-corrected chi connectivity index (χ2v) is 5.30. The fourth-order valence-corrected chi connectivity index (χ4v) is 2.08. The summed E-state index contributed by atoms with van der Waals surface area (Å²) in [6, 6.07) is 9.78. The molecule has 0 aliphatic heterocycles. The highest BCUT2D eigenvalue weighted by Gasteiger charge is 2.17. The van der Waals surface area contributed by atoms with E-state index in [1.165, 1.54) is 43.5 Å². The quantitative estimate of drug-likeness (QED) is 0.835. The fourth-order valence-electron chi connectivity index (χ4n) is 1.88. The zero-order chi connectivity index (χ0) is 17.7. The maximum absolute atomic E-state index is 12.9. The largest absolute Gasteiger partial charge is 0.481 e. The molecule has 0 aromatic heterocycles. The van der Waals surface area contributed by atoms with Crippen molar-refractivity contribution < 1.29 is 23.5 Å². The zero-order valence-corrected chi connectivity index (χ0v) is 13.8. The van der Waals surface area contributed by atoms with Crippen LogP contribution in [0.4, 0.5) is 10.1 Å². The summed E-state index contributed by atoms with van der Waals surface area (Å²) in [5.41, 5.74) is 0.517. The molecule has 5 nitrogen and oxygen atoms in total. The monoisotopic (exact) mass is 351 g/mol. The lowest BCUT2D eigenvalue weighted by Crippen LogP contribution is -2.30. The van der Waals surface area contributed by atoms with Gasteiger partial charge < -0.3 is 14.8 Å². The van der Waals surface area contributed by atoms with Crippen LogP contribution in [0.5, 0.6) is 5.75 Å². The molecule has 0 aliphatic rings. The van der Waals surface area contributed by atoms with E-state index in [0.717, 1.165) is 0 Å². The SMILES string of the molecule is COC(=O)c1cc(NC(=O)[C@@H](C)Oc2ccc(F)cc2)ccc1Cl. The molecule has 24 heavy (non-hydrogen) atoms. The number of rotatable bonds is 5. The Morgan fingerprint density at radius 2 is 1.83 bits per heavy atom. The number of esters is 1. The van der Waals surface area contributed by atoms with Gasteiger partial charge in [-0.2, -0.15) is 0 Å². The summed E-state index contributed by atoms with van der Waals surface area (Å²) in [6.07, 6.45) is -0.826. The third kappa shape index (κ3) is 4.45. The van der Waals surface area contributed by atoms with E-state index < -0.39 is 23.8 Å². The number of benzene rings is 2. The maximum atomic E-state index is 12.9. The molecule has 1 atom stereocenters. The predicted octanol–water partition coefficient (Wildman–Crippen LogP) is 3.67. The van der Waals surface area contributed by atoms with Crippen molar-refractivity contribution in [1.82, 2.24) is 0 Å². The summed E-state index contributed by atoms with van der Waals surface area (Å²) in [6.45, 7) is 1.55. The van der Waals surface area contributed by atoms with Gasteiger partial charge in [0.1, 0.15) is 11.6 Å². The topological polar surface area (TPSA) is 64.6 Å². The summed E-state index contributed by atoms with van der Waals surface area (Å²) < 4.78 is 22.9. The third-order valence-electron chi connectivity index (χ3n) is 3.13. The first kappa shape index (κ1) is 17.7. The minimum absolute atomic E-state index is 0.143. The van der Waals surface area contributed by atoms with Gasteiger partial charge in [0.2, 0.25) is 0 Å². The molecular weight excluding hydrogens is 337 g/mol. The average Bonchev–Trinajstić information content (AvgIpc) is 2.57. The van der Waals surface area contributed by atoms with E-state index in [9.17, 15) is 14.0 Å². The van der Waals surface area contributed by atoms with Crippen LogP contribution in [0, 0.1) is 5.82 Å². The number of amides is 1. The summed E-state index contributed by atoms with van der Waals surface area (Å²) in [7, 11) is 1.24. The lowest BCUT2D eigenvalue weighted by Gasteiger charge is -2.15. The standard InChI is InChI=1S/C17H15ClFNO4/c1-10(24-13-6-3-11(19)4-7-13)16(21)20-12-5-8-15(18)14(9-12)17(22)23-2/h3-10H,1-2H3,(H,20,21)/t10-/m1/s1.